The molecule has 30 heavy (non-hydrogen) atoms. The molecule has 1 aliphatic carbocycles. The highest BCUT2D eigenvalue weighted by Crippen LogP contribution is 2.37. The van der Waals surface area contributed by atoms with Gasteiger partial charge in [0.1, 0.15) is 11.6 Å². The van der Waals surface area contributed by atoms with Gasteiger partial charge in [0.05, 0.1) is 5.56 Å². The van der Waals surface area contributed by atoms with E-state index in [4.69, 9.17) is 5.73 Å². The molecule has 1 aromatic heterocycles. The number of anilines is 1. The molecule has 6 heteroatoms. The minimum absolute atomic E-state index is 0.0561. The summed E-state index contributed by atoms with van der Waals surface area (Å²) in [5, 5.41) is 7.68. The van der Waals surface area contributed by atoms with Crippen molar-refractivity contribution < 1.29 is 9.18 Å². The standard InChI is InChI=1S/C24H31FN4O/c1-4-16(10-11-27-3)13-29-24(30)22-19-9-8-17(12-18(19)14-28-23(22)26)21-15(2)6-5-7-20(21)25/h5-9,12,14-16,21,27H,4,10-11,13H2,1-3H3,(H2,26,28)(H,29,30). The lowest BCUT2D eigenvalue weighted by atomic mass is 9.82. The number of nitrogens with two attached hydrogens (primary N) is 1. The molecule has 160 valence electrons. The van der Waals surface area contributed by atoms with E-state index in [1.807, 2.05) is 38.2 Å². The minimum Gasteiger partial charge on any atom is -0.383 e. The van der Waals surface area contributed by atoms with Crippen LogP contribution in [-0.4, -0.2) is 31.0 Å². The first kappa shape index (κ1) is 22.0. The summed E-state index contributed by atoms with van der Waals surface area (Å²) in [6.45, 7) is 5.62. The fourth-order valence-corrected chi connectivity index (χ4v) is 4.07. The number of aromatic nitrogens is 1. The van der Waals surface area contributed by atoms with Gasteiger partial charge in [0, 0.05) is 24.0 Å². The van der Waals surface area contributed by atoms with Gasteiger partial charge in [0.2, 0.25) is 0 Å². The van der Waals surface area contributed by atoms with E-state index in [9.17, 15) is 9.18 Å². The van der Waals surface area contributed by atoms with Crippen molar-refractivity contribution in [1.29, 1.82) is 0 Å². The van der Waals surface area contributed by atoms with Gasteiger partial charge < -0.3 is 16.4 Å². The fraction of sp³-hybridized carbons (Fsp3) is 0.417. The number of hydrogen-bond donors (Lipinski definition) is 3. The van der Waals surface area contributed by atoms with E-state index in [-0.39, 0.29) is 29.4 Å². The molecule has 3 unspecified atom stereocenters. The lowest BCUT2D eigenvalue weighted by Crippen LogP contribution is -2.31. The third-order valence-corrected chi connectivity index (χ3v) is 5.95. The van der Waals surface area contributed by atoms with Crippen LogP contribution in [0.25, 0.3) is 10.8 Å². The molecule has 1 aliphatic rings. The molecule has 1 amide bonds. The van der Waals surface area contributed by atoms with Crippen LogP contribution in [-0.2, 0) is 0 Å². The highest BCUT2D eigenvalue weighted by molar-refractivity contribution is 6.10. The van der Waals surface area contributed by atoms with E-state index in [0.29, 0.717) is 18.0 Å². The van der Waals surface area contributed by atoms with Crippen molar-refractivity contribution in [3.8, 4) is 0 Å². The quantitative estimate of drug-likeness (QED) is 0.605. The lowest BCUT2D eigenvalue weighted by molar-refractivity contribution is 0.0948. The average Bonchev–Trinajstić information content (AvgIpc) is 2.73. The third-order valence-electron chi connectivity index (χ3n) is 5.95. The lowest BCUT2D eigenvalue weighted by Gasteiger charge is -2.23. The van der Waals surface area contributed by atoms with Crippen LogP contribution in [0.15, 0.2) is 48.5 Å². The summed E-state index contributed by atoms with van der Waals surface area (Å²) in [6.07, 6.45) is 8.89. The Morgan fingerprint density at radius 3 is 2.87 bits per heavy atom. The predicted molar refractivity (Wildman–Crippen MR) is 121 cm³/mol. The Morgan fingerprint density at radius 1 is 1.37 bits per heavy atom. The Balaban J connectivity index is 1.87. The second-order valence-corrected chi connectivity index (χ2v) is 8.01. The van der Waals surface area contributed by atoms with Crippen molar-refractivity contribution in [3.05, 3.63) is 59.6 Å². The summed E-state index contributed by atoms with van der Waals surface area (Å²) >= 11 is 0. The van der Waals surface area contributed by atoms with Crippen LogP contribution in [0.5, 0.6) is 0 Å². The van der Waals surface area contributed by atoms with E-state index in [1.165, 1.54) is 6.08 Å². The van der Waals surface area contributed by atoms with Gasteiger partial charge in [-0.15, -0.1) is 0 Å². The molecule has 1 aromatic carbocycles. The van der Waals surface area contributed by atoms with Crippen molar-refractivity contribution in [1.82, 2.24) is 15.6 Å². The monoisotopic (exact) mass is 410 g/mol. The van der Waals surface area contributed by atoms with Crippen LogP contribution in [0.2, 0.25) is 0 Å². The van der Waals surface area contributed by atoms with Crippen LogP contribution >= 0.6 is 0 Å². The highest BCUT2D eigenvalue weighted by atomic mass is 19.1. The van der Waals surface area contributed by atoms with Gasteiger partial charge in [-0.25, -0.2) is 9.37 Å². The predicted octanol–water partition coefficient (Wildman–Crippen LogP) is 4.33. The summed E-state index contributed by atoms with van der Waals surface area (Å²) in [5.74, 6) is -0.0460. The number of benzene rings is 1. The number of nitrogens with one attached hydrogen (secondary N) is 2. The topological polar surface area (TPSA) is 80.0 Å². The zero-order valence-electron chi connectivity index (χ0n) is 17.9. The maximum absolute atomic E-state index is 14.5. The van der Waals surface area contributed by atoms with Gasteiger partial charge >= 0.3 is 0 Å². The molecular weight excluding hydrogens is 379 g/mol. The Labute approximate surface area is 177 Å². The number of rotatable bonds is 8. The van der Waals surface area contributed by atoms with Crippen molar-refractivity contribution in [2.45, 2.75) is 32.6 Å². The molecule has 0 saturated carbocycles. The van der Waals surface area contributed by atoms with Crippen molar-refractivity contribution in [2.24, 2.45) is 11.8 Å². The fourth-order valence-electron chi connectivity index (χ4n) is 4.07. The molecule has 4 N–H and O–H groups in total. The number of nitrogen functional groups attached to an aromatic ring is 1. The Morgan fingerprint density at radius 2 is 2.17 bits per heavy atom. The van der Waals surface area contributed by atoms with E-state index < -0.39 is 0 Å². The number of carbonyl (C=O) groups excluding carboxylic acids is 1. The molecule has 3 rings (SSSR count). The summed E-state index contributed by atoms with van der Waals surface area (Å²) in [4.78, 5) is 17.2. The maximum Gasteiger partial charge on any atom is 0.255 e. The molecule has 0 radical (unpaired) electrons. The zero-order chi connectivity index (χ0) is 21.7. The van der Waals surface area contributed by atoms with Gasteiger partial charge in [0.15, 0.2) is 0 Å². The molecule has 3 atom stereocenters. The van der Waals surface area contributed by atoms with E-state index in [2.05, 4.69) is 22.5 Å². The Hall–Kier alpha value is -2.73. The maximum atomic E-state index is 14.5. The number of fused-ring (bicyclic) bond motifs is 1. The molecule has 0 bridgehead atoms. The van der Waals surface area contributed by atoms with Crippen LogP contribution in [0.3, 0.4) is 0 Å². The van der Waals surface area contributed by atoms with Crippen molar-refractivity contribution in [2.75, 3.05) is 25.9 Å². The molecule has 0 spiro atoms. The van der Waals surface area contributed by atoms with E-state index >= 15 is 0 Å². The van der Waals surface area contributed by atoms with Crippen LogP contribution in [0.1, 0.15) is 48.5 Å². The second kappa shape index (κ2) is 9.85. The Kier molecular flexibility index (Phi) is 7.21. The summed E-state index contributed by atoms with van der Waals surface area (Å²) in [7, 11) is 1.92. The normalized spacial score (nSPS) is 19.5. The minimum atomic E-state index is -0.327. The summed E-state index contributed by atoms with van der Waals surface area (Å²) < 4.78 is 14.5. The summed E-state index contributed by atoms with van der Waals surface area (Å²) in [5.41, 5.74) is 7.32. The third kappa shape index (κ3) is 4.70. The SMILES string of the molecule is CCC(CCNC)CNC(=O)c1c(N)ncc2cc(C3C(F)=CC=CC3C)ccc12. The van der Waals surface area contributed by atoms with E-state index in [1.54, 1.807) is 12.3 Å². The first-order valence-corrected chi connectivity index (χ1v) is 10.6. The number of halogens is 1. The molecule has 0 aliphatic heterocycles. The molecule has 2 aromatic rings. The van der Waals surface area contributed by atoms with Crippen LogP contribution in [0.4, 0.5) is 10.2 Å². The highest BCUT2D eigenvalue weighted by Gasteiger charge is 2.25. The Bertz CT molecular complexity index is 969. The first-order chi connectivity index (χ1) is 14.5. The zero-order valence-corrected chi connectivity index (χ0v) is 17.9. The van der Waals surface area contributed by atoms with Crippen molar-refractivity contribution >= 4 is 22.5 Å². The van der Waals surface area contributed by atoms with E-state index in [0.717, 1.165) is 35.7 Å². The largest absolute Gasteiger partial charge is 0.383 e. The number of nitrogens with zero attached hydrogens (tertiary/aromatic N) is 1. The smallest absolute Gasteiger partial charge is 0.255 e. The van der Waals surface area contributed by atoms with Crippen LogP contribution in [0, 0.1) is 11.8 Å². The number of amides is 1. The molecular formula is C24H31FN4O. The number of carbonyl (C=O) groups is 1. The van der Waals surface area contributed by atoms with Gasteiger partial charge in [0.25, 0.3) is 5.91 Å². The number of allylic oxidation sites excluding steroid dienone is 4. The van der Waals surface area contributed by atoms with Gasteiger partial charge in [-0.3, -0.25) is 4.79 Å². The molecule has 5 nitrogen and oxygen atoms in total. The molecule has 1 heterocycles. The van der Waals surface area contributed by atoms with Gasteiger partial charge in [-0.1, -0.05) is 44.6 Å². The summed E-state index contributed by atoms with van der Waals surface area (Å²) in [6, 6.07) is 5.65. The molecule has 0 saturated heterocycles. The second-order valence-electron chi connectivity index (χ2n) is 8.01. The average molecular weight is 411 g/mol. The van der Waals surface area contributed by atoms with Crippen LogP contribution < -0.4 is 16.4 Å². The first-order valence-electron chi connectivity index (χ1n) is 10.6. The molecule has 0 fully saturated rings. The van der Waals surface area contributed by atoms with Gasteiger partial charge in [-0.2, -0.15) is 0 Å². The van der Waals surface area contributed by atoms with Gasteiger partial charge in [-0.05, 0) is 54.9 Å². The number of pyridine rings is 1. The van der Waals surface area contributed by atoms with Crippen molar-refractivity contribution in [3.63, 3.8) is 0 Å². The number of hydrogen-bond acceptors (Lipinski definition) is 4.